The molecule has 0 amide bonds. The van der Waals surface area contributed by atoms with Gasteiger partial charge in [0, 0.05) is 12.1 Å². The number of aromatic nitrogens is 1. The third-order valence-electron chi connectivity index (χ3n) is 4.08. The first-order valence-electron chi connectivity index (χ1n) is 7.60. The van der Waals surface area contributed by atoms with Crippen molar-refractivity contribution in [2.24, 2.45) is 5.92 Å². The Balaban J connectivity index is 2.28. The Morgan fingerprint density at radius 2 is 2.09 bits per heavy atom. The summed E-state index contributed by atoms with van der Waals surface area (Å²) < 4.78 is 18.3. The number of hydrogen-bond donors (Lipinski definition) is 0. The number of nitrogens with zero attached hydrogens (tertiary/aromatic N) is 3. The van der Waals surface area contributed by atoms with Gasteiger partial charge in [-0.3, -0.25) is 14.9 Å². The number of pyridine rings is 1. The van der Waals surface area contributed by atoms with E-state index >= 15 is 0 Å². The number of nitro groups is 1. The van der Waals surface area contributed by atoms with Crippen LogP contribution in [0.3, 0.4) is 0 Å². The minimum absolute atomic E-state index is 0.138. The van der Waals surface area contributed by atoms with Gasteiger partial charge in [-0.2, -0.15) is 0 Å². The zero-order valence-electron chi connectivity index (χ0n) is 13.4. The smallest absolute Gasteiger partial charge is 0.314 e. The Kier molecular flexibility index (Phi) is 5.12. The standard InChI is InChI=1S/C15H20FN3O4/c1-4-23-15(20)11-5-9(2)18(10(3)6-11)14-13(19(21)22)7-12(16)8-17-14/h7-11H,4-6H2,1-3H3/t9-,10-/m1/s1. The number of ether oxygens (including phenoxy) is 1. The molecule has 23 heavy (non-hydrogen) atoms. The predicted octanol–water partition coefficient (Wildman–Crippen LogP) is 2.69. The van der Waals surface area contributed by atoms with Crippen LogP contribution in [0.25, 0.3) is 0 Å². The van der Waals surface area contributed by atoms with Gasteiger partial charge < -0.3 is 9.64 Å². The molecule has 2 atom stereocenters. The number of anilines is 1. The van der Waals surface area contributed by atoms with Crippen molar-refractivity contribution in [1.82, 2.24) is 4.98 Å². The first kappa shape index (κ1) is 17.1. The van der Waals surface area contributed by atoms with Crippen molar-refractivity contribution in [3.8, 4) is 0 Å². The number of esters is 1. The lowest BCUT2D eigenvalue weighted by atomic mass is 9.87. The molecule has 1 aromatic rings. The molecule has 0 unspecified atom stereocenters. The molecular weight excluding hydrogens is 305 g/mol. The zero-order valence-corrected chi connectivity index (χ0v) is 13.4. The summed E-state index contributed by atoms with van der Waals surface area (Å²) in [6.07, 6.45) is 2.00. The van der Waals surface area contributed by atoms with Crippen LogP contribution in [0, 0.1) is 21.8 Å². The molecule has 0 aromatic carbocycles. The molecule has 0 saturated carbocycles. The molecule has 1 aliphatic rings. The maximum absolute atomic E-state index is 13.3. The van der Waals surface area contributed by atoms with Gasteiger partial charge in [-0.05, 0) is 33.6 Å². The molecule has 0 radical (unpaired) electrons. The second kappa shape index (κ2) is 6.89. The van der Waals surface area contributed by atoms with E-state index in [0.29, 0.717) is 19.4 Å². The van der Waals surface area contributed by atoms with Gasteiger partial charge in [0.2, 0.25) is 5.82 Å². The summed E-state index contributed by atoms with van der Waals surface area (Å²) in [6.45, 7) is 5.83. The van der Waals surface area contributed by atoms with E-state index in [9.17, 15) is 19.3 Å². The summed E-state index contributed by atoms with van der Waals surface area (Å²) in [6, 6.07) is 0.578. The van der Waals surface area contributed by atoms with Crippen LogP contribution in [0.2, 0.25) is 0 Å². The number of halogens is 1. The average molecular weight is 325 g/mol. The number of carbonyl (C=O) groups excluding carboxylic acids is 1. The fourth-order valence-electron chi connectivity index (χ4n) is 3.21. The molecule has 0 spiro atoms. The maximum Gasteiger partial charge on any atom is 0.314 e. The van der Waals surface area contributed by atoms with E-state index in [2.05, 4.69) is 4.98 Å². The van der Waals surface area contributed by atoms with Crippen LogP contribution < -0.4 is 4.90 Å². The van der Waals surface area contributed by atoms with Crippen LogP contribution in [-0.4, -0.2) is 34.6 Å². The van der Waals surface area contributed by atoms with Crippen molar-refractivity contribution in [3.05, 3.63) is 28.2 Å². The monoisotopic (exact) mass is 325 g/mol. The van der Waals surface area contributed by atoms with Crippen molar-refractivity contribution in [2.75, 3.05) is 11.5 Å². The largest absolute Gasteiger partial charge is 0.466 e. The van der Waals surface area contributed by atoms with E-state index in [1.165, 1.54) is 0 Å². The molecule has 0 aliphatic carbocycles. The molecule has 1 aliphatic heterocycles. The van der Waals surface area contributed by atoms with E-state index < -0.39 is 10.7 Å². The Bertz CT molecular complexity index is 598. The molecule has 7 nitrogen and oxygen atoms in total. The predicted molar refractivity (Wildman–Crippen MR) is 81.6 cm³/mol. The van der Waals surface area contributed by atoms with E-state index in [4.69, 9.17) is 4.74 Å². The fourth-order valence-corrected chi connectivity index (χ4v) is 3.21. The summed E-state index contributed by atoms with van der Waals surface area (Å²) in [5.74, 6) is -1.09. The fraction of sp³-hybridized carbons (Fsp3) is 0.600. The number of piperidine rings is 1. The minimum Gasteiger partial charge on any atom is -0.466 e. The maximum atomic E-state index is 13.3. The summed E-state index contributed by atoms with van der Waals surface area (Å²) in [7, 11) is 0. The Morgan fingerprint density at radius 1 is 1.48 bits per heavy atom. The van der Waals surface area contributed by atoms with E-state index in [1.807, 2.05) is 13.8 Å². The van der Waals surface area contributed by atoms with Crippen LogP contribution in [0.4, 0.5) is 15.9 Å². The zero-order chi connectivity index (χ0) is 17.1. The first-order chi connectivity index (χ1) is 10.8. The first-order valence-corrected chi connectivity index (χ1v) is 7.60. The SMILES string of the molecule is CCOC(=O)C1C[C@@H](C)N(c2ncc(F)cc2[N+](=O)[O-])[C@H](C)C1. The van der Waals surface area contributed by atoms with Crippen molar-refractivity contribution < 1.29 is 18.8 Å². The third kappa shape index (κ3) is 3.57. The topological polar surface area (TPSA) is 85.6 Å². The Labute approximate surface area is 133 Å². The lowest BCUT2D eigenvalue weighted by Gasteiger charge is -2.42. The van der Waals surface area contributed by atoms with E-state index in [1.54, 1.807) is 11.8 Å². The van der Waals surface area contributed by atoms with Crippen LogP contribution in [0.5, 0.6) is 0 Å². The van der Waals surface area contributed by atoms with Gasteiger partial charge in [-0.15, -0.1) is 0 Å². The quantitative estimate of drug-likeness (QED) is 0.480. The van der Waals surface area contributed by atoms with Gasteiger partial charge in [-0.1, -0.05) is 0 Å². The van der Waals surface area contributed by atoms with Crippen molar-refractivity contribution in [2.45, 2.75) is 45.7 Å². The van der Waals surface area contributed by atoms with Gasteiger partial charge in [0.05, 0.1) is 29.7 Å². The molecule has 1 fully saturated rings. The normalized spacial score (nSPS) is 24.3. The summed E-state index contributed by atoms with van der Waals surface area (Å²) in [5, 5.41) is 11.2. The molecule has 1 aromatic heterocycles. The highest BCUT2D eigenvalue weighted by Crippen LogP contribution is 2.36. The average Bonchev–Trinajstić information content (AvgIpc) is 2.47. The van der Waals surface area contributed by atoms with Crippen LogP contribution in [0.15, 0.2) is 12.3 Å². The minimum atomic E-state index is -0.748. The highest BCUT2D eigenvalue weighted by atomic mass is 19.1. The third-order valence-corrected chi connectivity index (χ3v) is 4.08. The van der Waals surface area contributed by atoms with Gasteiger partial charge in [0.1, 0.15) is 5.82 Å². The molecular formula is C15H20FN3O4. The van der Waals surface area contributed by atoms with Crippen LogP contribution >= 0.6 is 0 Å². The van der Waals surface area contributed by atoms with E-state index in [-0.39, 0.29) is 35.5 Å². The molecule has 0 bridgehead atoms. The number of rotatable bonds is 4. The molecule has 2 rings (SSSR count). The molecule has 8 heteroatoms. The summed E-state index contributed by atoms with van der Waals surface area (Å²) in [4.78, 5) is 28.2. The van der Waals surface area contributed by atoms with Gasteiger partial charge >= 0.3 is 11.7 Å². The van der Waals surface area contributed by atoms with Crippen LogP contribution in [0.1, 0.15) is 33.6 Å². The van der Waals surface area contributed by atoms with Gasteiger partial charge in [0.25, 0.3) is 0 Å². The van der Waals surface area contributed by atoms with Crippen molar-refractivity contribution in [3.63, 3.8) is 0 Å². The molecule has 1 saturated heterocycles. The second-order valence-corrected chi connectivity index (χ2v) is 5.78. The van der Waals surface area contributed by atoms with Gasteiger partial charge in [0.15, 0.2) is 0 Å². The van der Waals surface area contributed by atoms with Gasteiger partial charge in [-0.25, -0.2) is 9.37 Å². The van der Waals surface area contributed by atoms with E-state index in [0.717, 1.165) is 12.3 Å². The van der Waals surface area contributed by atoms with Crippen molar-refractivity contribution >= 4 is 17.5 Å². The highest BCUT2D eigenvalue weighted by Gasteiger charge is 2.38. The lowest BCUT2D eigenvalue weighted by molar-refractivity contribution is -0.384. The summed E-state index contributed by atoms with van der Waals surface area (Å²) in [5.41, 5.74) is -0.363. The number of carbonyl (C=O) groups is 1. The molecule has 126 valence electrons. The Hall–Kier alpha value is -2.25. The number of hydrogen-bond acceptors (Lipinski definition) is 6. The van der Waals surface area contributed by atoms with Crippen molar-refractivity contribution in [1.29, 1.82) is 0 Å². The Morgan fingerprint density at radius 3 is 2.61 bits per heavy atom. The molecule has 0 N–H and O–H groups in total. The molecule has 2 heterocycles. The summed E-state index contributed by atoms with van der Waals surface area (Å²) >= 11 is 0. The second-order valence-electron chi connectivity index (χ2n) is 5.78. The highest BCUT2D eigenvalue weighted by molar-refractivity contribution is 5.73. The van der Waals surface area contributed by atoms with Crippen LogP contribution in [-0.2, 0) is 9.53 Å². The lowest BCUT2D eigenvalue weighted by Crippen LogP contribution is -2.49.